The van der Waals surface area contributed by atoms with Crippen molar-refractivity contribution in [2.75, 3.05) is 33.4 Å². The van der Waals surface area contributed by atoms with Gasteiger partial charge in [-0.05, 0) is 14.0 Å². The van der Waals surface area contributed by atoms with Crippen LogP contribution in [0.5, 0.6) is 0 Å². The maximum atomic E-state index is 5.54. The Morgan fingerprint density at radius 1 is 1.55 bits per heavy atom. The normalized spacial score (nSPS) is 29.2. The van der Waals surface area contributed by atoms with Crippen LogP contribution in [0, 0.1) is 0 Å². The highest BCUT2D eigenvalue weighted by molar-refractivity contribution is 4.74. The van der Waals surface area contributed by atoms with Crippen molar-refractivity contribution in [2.24, 2.45) is 5.73 Å². The lowest BCUT2D eigenvalue weighted by molar-refractivity contribution is 0.0518. The molecule has 0 amide bonds. The first kappa shape index (κ1) is 8.93. The quantitative estimate of drug-likeness (QED) is 0.543. The molecule has 0 saturated carbocycles. The fourth-order valence-electron chi connectivity index (χ4n) is 1.53. The Bertz CT molecular complexity index is 117. The third-order valence-electron chi connectivity index (χ3n) is 2.26. The second-order valence-corrected chi connectivity index (χ2v) is 3.03. The van der Waals surface area contributed by atoms with E-state index in [1.807, 2.05) is 7.05 Å². The number of piperazine rings is 1. The third-order valence-corrected chi connectivity index (χ3v) is 2.26. The minimum atomic E-state index is 0.567. The van der Waals surface area contributed by atoms with Crippen molar-refractivity contribution in [3.05, 3.63) is 0 Å². The van der Waals surface area contributed by atoms with Gasteiger partial charge < -0.3 is 5.73 Å². The fourth-order valence-corrected chi connectivity index (χ4v) is 1.53. The van der Waals surface area contributed by atoms with Crippen molar-refractivity contribution in [3.8, 4) is 0 Å². The van der Waals surface area contributed by atoms with E-state index < -0.39 is 0 Å². The average Bonchev–Trinajstić information content (AvgIpc) is 2.04. The van der Waals surface area contributed by atoms with Crippen LogP contribution in [0.15, 0.2) is 0 Å². The summed E-state index contributed by atoms with van der Waals surface area (Å²) in [6, 6.07) is 0.567. The SMILES string of the molecule is CNN1CCN(CN)CC1C. The topological polar surface area (TPSA) is 44.5 Å². The zero-order valence-electron chi connectivity index (χ0n) is 7.38. The van der Waals surface area contributed by atoms with Crippen LogP contribution in [-0.2, 0) is 0 Å². The van der Waals surface area contributed by atoms with Crippen molar-refractivity contribution >= 4 is 0 Å². The van der Waals surface area contributed by atoms with Gasteiger partial charge in [0.1, 0.15) is 0 Å². The van der Waals surface area contributed by atoms with Gasteiger partial charge in [-0.1, -0.05) is 0 Å². The van der Waals surface area contributed by atoms with Crippen molar-refractivity contribution in [2.45, 2.75) is 13.0 Å². The summed E-state index contributed by atoms with van der Waals surface area (Å²) in [4.78, 5) is 2.26. The summed E-state index contributed by atoms with van der Waals surface area (Å²) in [6.07, 6.45) is 0. The zero-order valence-corrected chi connectivity index (χ0v) is 7.38. The lowest BCUT2D eigenvalue weighted by Gasteiger charge is -2.38. The molecule has 1 unspecified atom stereocenters. The maximum Gasteiger partial charge on any atom is 0.0456 e. The zero-order chi connectivity index (χ0) is 8.27. The van der Waals surface area contributed by atoms with Gasteiger partial charge in [0.15, 0.2) is 0 Å². The summed E-state index contributed by atoms with van der Waals surface area (Å²) in [7, 11) is 1.97. The van der Waals surface area contributed by atoms with Crippen LogP contribution in [-0.4, -0.2) is 49.3 Å². The highest BCUT2D eigenvalue weighted by Gasteiger charge is 2.20. The molecule has 4 heteroatoms. The van der Waals surface area contributed by atoms with Crippen LogP contribution < -0.4 is 11.2 Å². The molecule has 0 spiro atoms. The van der Waals surface area contributed by atoms with E-state index in [0.29, 0.717) is 12.7 Å². The second-order valence-electron chi connectivity index (χ2n) is 3.03. The molecular formula is C7H18N4. The molecule has 66 valence electrons. The van der Waals surface area contributed by atoms with Crippen LogP contribution in [0.1, 0.15) is 6.92 Å². The molecule has 1 fully saturated rings. The van der Waals surface area contributed by atoms with E-state index in [4.69, 9.17) is 5.73 Å². The molecular weight excluding hydrogens is 140 g/mol. The van der Waals surface area contributed by atoms with Gasteiger partial charge in [0, 0.05) is 32.3 Å². The summed E-state index contributed by atoms with van der Waals surface area (Å²) in [5, 5.41) is 2.24. The first-order valence-electron chi connectivity index (χ1n) is 4.14. The first-order valence-corrected chi connectivity index (χ1v) is 4.14. The first-order chi connectivity index (χ1) is 5.27. The largest absolute Gasteiger partial charge is 0.318 e. The molecule has 0 radical (unpaired) electrons. The molecule has 0 bridgehead atoms. The standard InChI is InChI=1S/C7H18N4/c1-7-5-10(6-8)3-4-11(7)9-2/h7,9H,3-6,8H2,1-2H3. The van der Waals surface area contributed by atoms with Gasteiger partial charge in [-0.2, -0.15) is 0 Å². The number of hydrogen-bond acceptors (Lipinski definition) is 4. The third kappa shape index (κ3) is 2.13. The second kappa shape index (κ2) is 4.01. The number of nitrogens with zero attached hydrogens (tertiary/aromatic N) is 2. The van der Waals surface area contributed by atoms with Crippen LogP contribution in [0.4, 0.5) is 0 Å². The minimum Gasteiger partial charge on any atom is -0.318 e. The van der Waals surface area contributed by atoms with E-state index in [1.165, 1.54) is 0 Å². The molecule has 0 aromatic rings. The summed E-state index contributed by atoms with van der Waals surface area (Å²) in [5.41, 5.74) is 8.70. The number of nitrogens with one attached hydrogen (secondary N) is 1. The molecule has 1 heterocycles. The van der Waals surface area contributed by atoms with E-state index in [2.05, 4.69) is 22.3 Å². The molecule has 3 N–H and O–H groups in total. The summed E-state index contributed by atoms with van der Waals surface area (Å²) in [5.74, 6) is 0. The van der Waals surface area contributed by atoms with Gasteiger partial charge in [0.25, 0.3) is 0 Å². The van der Waals surface area contributed by atoms with Crippen molar-refractivity contribution in [3.63, 3.8) is 0 Å². The van der Waals surface area contributed by atoms with Crippen molar-refractivity contribution in [1.29, 1.82) is 0 Å². The number of hydrogen-bond donors (Lipinski definition) is 2. The van der Waals surface area contributed by atoms with Crippen LogP contribution in [0.2, 0.25) is 0 Å². The highest BCUT2D eigenvalue weighted by Crippen LogP contribution is 2.04. The fraction of sp³-hybridized carbons (Fsp3) is 1.00. The van der Waals surface area contributed by atoms with Crippen LogP contribution in [0.25, 0.3) is 0 Å². The summed E-state index contributed by atoms with van der Waals surface area (Å²) in [6.45, 7) is 6.09. The summed E-state index contributed by atoms with van der Waals surface area (Å²) >= 11 is 0. The molecule has 1 saturated heterocycles. The molecule has 1 aliphatic rings. The van der Waals surface area contributed by atoms with Gasteiger partial charge in [-0.15, -0.1) is 0 Å². The number of nitrogens with two attached hydrogens (primary N) is 1. The molecule has 4 nitrogen and oxygen atoms in total. The smallest absolute Gasteiger partial charge is 0.0456 e. The van der Waals surface area contributed by atoms with E-state index >= 15 is 0 Å². The predicted molar refractivity (Wildman–Crippen MR) is 45.9 cm³/mol. The Kier molecular flexibility index (Phi) is 3.26. The van der Waals surface area contributed by atoms with Crippen LogP contribution in [0.3, 0.4) is 0 Å². The lowest BCUT2D eigenvalue weighted by atomic mass is 10.2. The van der Waals surface area contributed by atoms with E-state index in [1.54, 1.807) is 0 Å². The lowest BCUT2D eigenvalue weighted by Crippen LogP contribution is -2.56. The summed E-state index contributed by atoms with van der Waals surface area (Å²) < 4.78 is 0. The van der Waals surface area contributed by atoms with Crippen molar-refractivity contribution < 1.29 is 0 Å². The minimum absolute atomic E-state index is 0.567. The maximum absolute atomic E-state index is 5.54. The van der Waals surface area contributed by atoms with E-state index in [-0.39, 0.29) is 0 Å². The van der Waals surface area contributed by atoms with Gasteiger partial charge in [0.05, 0.1) is 0 Å². The van der Waals surface area contributed by atoms with Gasteiger partial charge >= 0.3 is 0 Å². The Balaban J connectivity index is 2.34. The molecule has 0 aliphatic carbocycles. The predicted octanol–water partition coefficient (Wildman–Crippen LogP) is -0.957. The van der Waals surface area contributed by atoms with Gasteiger partial charge in [0.2, 0.25) is 0 Å². The van der Waals surface area contributed by atoms with Gasteiger partial charge in [-0.25, -0.2) is 5.01 Å². The number of rotatable bonds is 2. The average molecular weight is 158 g/mol. The molecule has 11 heavy (non-hydrogen) atoms. The van der Waals surface area contributed by atoms with Crippen LogP contribution >= 0.6 is 0 Å². The van der Waals surface area contributed by atoms with E-state index in [9.17, 15) is 0 Å². The Morgan fingerprint density at radius 2 is 2.27 bits per heavy atom. The molecule has 1 rings (SSSR count). The molecule has 0 aromatic heterocycles. The molecule has 0 aromatic carbocycles. The Labute approximate surface area is 68.3 Å². The van der Waals surface area contributed by atoms with Crippen molar-refractivity contribution in [1.82, 2.24) is 15.3 Å². The Hall–Kier alpha value is -0.160. The number of hydrazine groups is 1. The van der Waals surface area contributed by atoms with Gasteiger partial charge in [-0.3, -0.25) is 10.3 Å². The Morgan fingerprint density at radius 3 is 2.73 bits per heavy atom. The molecule has 1 aliphatic heterocycles. The highest BCUT2D eigenvalue weighted by atomic mass is 15.5. The van der Waals surface area contributed by atoms with E-state index in [0.717, 1.165) is 19.6 Å². The molecule has 1 atom stereocenters. The monoisotopic (exact) mass is 158 g/mol.